The summed E-state index contributed by atoms with van der Waals surface area (Å²) in [6.07, 6.45) is 6.98. The first-order valence-corrected chi connectivity index (χ1v) is 10.2. The van der Waals surface area contributed by atoms with E-state index in [2.05, 4.69) is 57.6 Å². The van der Waals surface area contributed by atoms with E-state index in [-0.39, 0.29) is 0 Å². The number of aromatic nitrogens is 2. The lowest BCUT2D eigenvalue weighted by Crippen LogP contribution is -2.28. The van der Waals surface area contributed by atoms with Crippen LogP contribution in [0.25, 0.3) is 10.9 Å². The molecular formula is C21H23ClN4S. The molecule has 3 heterocycles. The minimum absolute atomic E-state index is 0.370. The average Bonchev–Trinajstić information content (AvgIpc) is 3.27. The number of nitrogens with one attached hydrogen (secondary N) is 2. The van der Waals surface area contributed by atoms with Gasteiger partial charge in [0.15, 0.2) is 5.11 Å². The number of unbranched alkanes of at least 4 members (excludes halogenated alkanes) is 1. The molecule has 4 nitrogen and oxygen atoms in total. The van der Waals surface area contributed by atoms with Crippen molar-refractivity contribution in [3.8, 4) is 0 Å². The highest BCUT2D eigenvalue weighted by Gasteiger charge is 2.24. The van der Waals surface area contributed by atoms with Gasteiger partial charge in [-0.3, -0.25) is 4.57 Å². The van der Waals surface area contributed by atoms with Crippen LogP contribution in [0.3, 0.4) is 0 Å². The summed E-state index contributed by atoms with van der Waals surface area (Å²) < 4.78 is 2.07. The van der Waals surface area contributed by atoms with Crippen molar-refractivity contribution >= 4 is 45.7 Å². The van der Waals surface area contributed by atoms with Crippen molar-refractivity contribution in [1.82, 2.24) is 14.9 Å². The van der Waals surface area contributed by atoms with Crippen LogP contribution in [-0.4, -0.2) is 27.8 Å². The lowest BCUT2D eigenvalue weighted by Gasteiger charge is -2.13. The number of fused-ring (bicyclic) bond motifs is 2. The number of halogens is 1. The molecule has 6 heteroatoms. The topological polar surface area (TPSA) is 41.9 Å². The number of rotatable bonds is 5. The smallest absolute Gasteiger partial charge is 0.177 e. The maximum Gasteiger partial charge on any atom is 0.177 e. The molecular weight excluding hydrogens is 376 g/mol. The highest BCUT2D eigenvalue weighted by molar-refractivity contribution is 7.80. The van der Waals surface area contributed by atoms with Gasteiger partial charge in [0.1, 0.15) is 5.82 Å². The summed E-state index contributed by atoms with van der Waals surface area (Å²) in [6, 6.07) is 10.6. The first kappa shape index (κ1) is 18.3. The standard InChI is InChI=1S/C21H23ClN4S/c1-2-3-8-23-21(27)26-9-7-17-14(5-4-6-19(17)26)10-15-12-24-20-18(15)11-16(22)13-25-20/h4-7,9,11,13,15H,2-3,8,10,12H2,1H3,(H,23,27)(H,24,25). The van der Waals surface area contributed by atoms with Crippen molar-refractivity contribution in [3.63, 3.8) is 0 Å². The molecule has 0 spiro atoms. The minimum Gasteiger partial charge on any atom is -0.369 e. The summed E-state index contributed by atoms with van der Waals surface area (Å²) in [4.78, 5) is 4.40. The summed E-state index contributed by atoms with van der Waals surface area (Å²) in [5, 5.41) is 9.45. The zero-order valence-electron chi connectivity index (χ0n) is 15.3. The first-order valence-electron chi connectivity index (χ1n) is 9.44. The lowest BCUT2D eigenvalue weighted by atomic mass is 9.93. The Kier molecular flexibility index (Phi) is 5.32. The maximum atomic E-state index is 6.16. The molecule has 3 aromatic rings. The molecule has 1 atom stereocenters. The van der Waals surface area contributed by atoms with Gasteiger partial charge in [-0.2, -0.15) is 0 Å². The van der Waals surface area contributed by atoms with Gasteiger partial charge in [-0.05, 0) is 48.8 Å². The molecule has 0 amide bonds. The fraction of sp³-hybridized carbons (Fsp3) is 0.333. The van der Waals surface area contributed by atoms with Crippen LogP contribution >= 0.6 is 23.8 Å². The Balaban J connectivity index is 1.59. The van der Waals surface area contributed by atoms with Crippen molar-refractivity contribution in [2.45, 2.75) is 32.1 Å². The van der Waals surface area contributed by atoms with Crippen molar-refractivity contribution in [2.75, 3.05) is 18.4 Å². The minimum atomic E-state index is 0.370. The predicted molar refractivity (Wildman–Crippen MR) is 117 cm³/mol. The van der Waals surface area contributed by atoms with Crippen molar-refractivity contribution < 1.29 is 0 Å². The van der Waals surface area contributed by atoms with Gasteiger partial charge in [-0.1, -0.05) is 37.1 Å². The molecule has 0 radical (unpaired) electrons. The molecule has 1 unspecified atom stereocenters. The number of hydrogen-bond acceptors (Lipinski definition) is 3. The summed E-state index contributed by atoms with van der Waals surface area (Å²) in [5.74, 6) is 1.32. The molecule has 2 aromatic heterocycles. The van der Waals surface area contributed by atoms with E-state index in [0.29, 0.717) is 10.9 Å². The quantitative estimate of drug-likeness (QED) is 0.470. The van der Waals surface area contributed by atoms with Crippen molar-refractivity contribution in [2.24, 2.45) is 0 Å². The summed E-state index contributed by atoms with van der Waals surface area (Å²) >= 11 is 11.7. The molecule has 27 heavy (non-hydrogen) atoms. The Morgan fingerprint density at radius 3 is 3.15 bits per heavy atom. The molecule has 0 saturated heterocycles. The molecule has 140 valence electrons. The average molecular weight is 399 g/mol. The van der Waals surface area contributed by atoms with Gasteiger partial charge in [0.25, 0.3) is 0 Å². The van der Waals surface area contributed by atoms with Gasteiger partial charge in [0.05, 0.1) is 10.5 Å². The number of benzene rings is 1. The van der Waals surface area contributed by atoms with E-state index in [4.69, 9.17) is 23.8 Å². The SMILES string of the molecule is CCCCNC(=S)n1ccc2c(CC3CNc4ncc(Cl)cc43)cccc21. The van der Waals surface area contributed by atoms with Gasteiger partial charge in [0, 0.05) is 42.4 Å². The Morgan fingerprint density at radius 1 is 1.41 bits per heavy atom. The second-order valence-electron chi connectivity index (χ2n) is 6.99. The van der Waals surface area contributed by atoms with Gasteiger partial charge >= 0.3 is 0 Å². The largest absolute Gasteiger partial charge is 0.369 e. The number of pyridine rings is 1. The van der Waals surface area contributed by atoms with Crippen molar-refractivity contribution in [3.05, 3.63) is 58.9 Å². The van der Waals surface area contributed by atoms with Crippen LogP contribution in [0.4, 0.5) is 5.82 Å². The van der Waals surface area contributed by atoms with Crippen LogP contribution in [0, 0.1) is 0 Å². The molecule has 0 aliphatic carbocycles. The highest BCUT2D eigenvalue weighted by Crippen LogP contribution is 2.35. The summed E-state index contributed by atoms with van der Waals surface area (Å²) in [7, 11) is 0. The number of hydrogen-bond donors (Lipinski definition) is 2. The van der Waals surface area contributed by atoms with Crippen LogP contribution in [0.2, 0.25) is 5.02 Å². The molecule has 4 rings (SSSR count). The van der Waals surface area contributed by atoms with Crippen molar-refractivity contribution in [1.29, 1.82) is 0 Å². The lowest BCUT2D eigenvalue weighted by molar-refractivity contribution is 0.750. The number of thiocarbonyl (C=S) groups is 1. The van der Waals surface area contributed by atoms with E-state index >= 15 is 0 Å². The van der Waals surface area contributed by atoms with E-state index < -0.39 is 0 Å². The van der Waals surface area contributed by atoms with E-state index in [1.165, 1.54) is 16.5 Å². The van der Waals surface area contributed by atoms with Crippen LogP contribution in [0.5, 0.6) is 0 Å². The fourth-order valence-electron chi connectivity index (χ4n) is 3.73. The third kappa shape index (κ3) is 3.66. The van der Waals surface area contributed by atoms with E-state index in [1.807, 2.05) is 6.07 Å². The monoisotopic (exact) mass is 398 g/mol. The predicted octanol–water partition coefficient (Wildman–Crippen LogP) is 4.96. The molecule has 1 aromatic carbocycles. The fourth-order valence-corrected chi connectivity index (χ4v) is 4.16. The molecule has 1 aliphatic heterocycles. The Labute approximate surface area is 169 Å². The van der Waals surface area contributed by atoms with E-state index in [9.17, 15) is 0 Å². The Bertz CT molecular complexity index is 981. The molecule has 0 saturated carbocycles. The van der Waals surface area contributed by atoms with Gasteiger partial charge in [0.2, 0.25) is 0 Å². The Hall–Kier alpha value is -2.11. The third-order valence-corrected chi connectivity index (χ3v) is 5.70. The summed E-state index contributed by atoms with van der Waals surface area (Å²) in [5.41, 5.74) is 3.68. The van der Waals surface area contributed by atoms with E-state index in [1.54, 1.807) is 6.20 Å². The van der Waals surface area contributed by atoms with Crippen LogP contribution in [-0.2, 0) is 6.42 Å². The highest BCUT2D eigenvalue weighted by atomic mass is 35.5. The summed E-state index contributed by atoms with van der Waals surface area (Å²) in [6.45, 7) is 3.98. The Morgan fingerprint density at radius 2 is 2.30 bits per heavy atom. The van der Waals surface area contributed by atoms with Crippen LogP contribution < -0.4 is 10.6 Å². The molecule has 1 aliphatic rings. The third-order valence-electron chi connectivity index (χ3n) is 5.15. The van der Waals surface area contributed by atoms with Crippen LogP contribution in [0.15, 0.2) is 42.7 Å². The first-order chi connectivity index (χ1) is 13.2. The van der Waals surface area contributed by atoms with E-state index in [0.717, 1.165) is 48.8 Å². The molecule has 0 fully saturated rings. The normalized spacial score (nSPS) is 15.6. The van der Waals surface area contributed by atoms with Gasteiger partial charge in [-0.15, -0.1) is 0 Å². The second kappa shape index (κ2) is 7.87. The van der Waals surface area contributed by atoms with Crippen LogP contribution in [0.1, 0.15) is 36.8 Å². The van der Waals surface area contributed by atoms with Gasteiger partial charge in [-0.25, -0.2) is 4.98 Å². The zero-order valence-corrected chi connectivity index (χ0v) is 16.9. The number of anilines is 1. The number of nitrogens with zero attached hydrogens (tertiary/aromatic N) is 2. The molecule has 2 N–H and O–H groups in total. The molecule has 0 bridgehead atoms. The second-order valence-corrected chi connectivity index (χ2v) is 7.82. The van der Waals surface area contributed by atoms with Gasteiger partial charge < -0.3 is 10.6 Å². The zero-order chi connectivity index (χ0) is 18.8. The maximum absolute atomic E-state index is 6.16.